The van der Waals surface area contributed by atoms with E-state index in [2.05, 4.69) is 18.8 Å². The van der Waals surface area contributed by atoms with Crippen LogP contribution in [0.15, 0.2) is 24.3 Å². The van der Waals surface area contributed by atoms with E-state index in [1.807, 2.05) is 0 Å². The first kappa shape index (κ1) is 17.8. The van der Waals surface area contributed by atoms with Gasteiger partial charge < -0.3 is 0 Å². The van der Waals surface area contributed by atoms with Crippen molar-refractivity contribution in [1.29, 1.82) is 0 Å². The molecule has 23 heavy (non-hydrogen) atoms. The van der Waals surface area contributed by atoms with Crippen LogP contribution in [0.3, 0.4) is 0 Å². The molecule has 0 radical (unpaired) electrons. The molecule has 1 aliphatic carbocycles. The van der Waals surface area contributed by atoms with Gasteiger partial charge in [0.1, 0.15) is 0 Å². The summed E-state index contributed by atoms with van der Waals surface area (Å²) >= 11 is 0. The average molecular weight is 330 g/mol. The van der Waals surface area contributed by atoms with E-state index >= 15 is 0 Å². The molecule has 1 aliphatic rings. The molecule has 126 valence electrons. The van der Waals surface area contributed by atoms with E-state index < -0.39 is 17.7 Å². The van der Waals surface area contributed by atoms with Gasteiger partial charge >= 0.3 is 12.1 Å². The van der Waals surface area contributed by atoms with Crippen LogP contribution in [0.1, 0.15) is 50.2 Å². The SMILES string of the molecule is CCC1CCC(C#Cc2ccc(C(F)(F)C(F)(F)F)cc2)CC1. The topological polar surface area (TPSA) is 0 Å². The van der Waals surface area contributed by atoms with E-state index in [4.69, 9.17) is 0 Å². The van der Waals surface area contributed by atoms with E-state index in [0.717, 1.165) is 43.7 Å². The summed E-state index contributed by atoms with van der Waals surface area (Å²) < 4.78 is 63.2. The summed E-state index contributed by atoms with van der Waals surface area (Å²) in [7, 11) is 0. The molecule has 2 rings (SSSR count). The Hall–Kier alpha value is -1.57. The predicted octanol–water partition coefficient (Wildman–Crippen LogP) is 5.91. The van der Waals surface area contributed by atoms with Crippen molar-refractivity contribution in [3.8, 4) is 11.8 Å². The summed E-state index contributed by atoms with van der Waals surface area (Å²) in [5, 5.41) is 0. The Morgan fingerprint density at radius 2 is 1.52 bits per heavy atom. The van der Waals surface area contributed by atoms with Gasteiger partial charge in [-0.15, -0.1) is 0 Å². The van der Waals surface area contributed by atoms with Crippen LogP contribution in [-0.4, -0.2) is 6.18 Å². The first-order valence-electron chi connectivity index (χ1n) is 7.80. The zero-order valence-electron chi connectivity index (χ0n) is 12.9. The van der Waals surface area contributed by atoms with E-state index in [-0.39, 0.29) is 5.92 Å². The van der Waals surface area contributed by atoms with Crippen molar-refractivity contribution in [3.05, 3.63) is 35.4 Å². The third-order valence-corrected chi connectivity index (χ3v) is 4.45. The number of hydrogen-bond donors (Lipinski definition) is 0. The Labute approximate surface area is 133 Å². The molecule has 0 unspecified atom stereocenters. The van der Waals surface area contributed by atoms with Gasteiger partial charge in [-0.2, -0.15) is 22.0 Å². The zero-order chi connectivity index (χ0) is 17.1. The van der Waals surface area contributed by atoms with Crippen LogP contribution in [-0.2, 0) is 5.92 Å². The fraction of sp³-hybridized carbons (Fsp3) is 0.556. The molecule has 0 amide bonds. The second kappa shape index (κ2) is 6.90. The zero-order valence-corrected chi connectivity index (χ0v) is 12.9. The van der Waals surface area contributed by atoms with Gasteiger partial charge in [0.2, 0.25) is 0 Å². The molecule has 1 saturated carbocycles. The summed E-state index contributed by atoms with van der Waals surface area (Å²) in [4.78, 5) is 0. The predicted molar refractivity (Wildman–Crippen MR) is 79.0 cm³/mol. The minimum Gasteiger partial charge on any atom is -0.191 e. The second-order valence-corrected chi connectivity index (χ2v) is 6.04. The lowest BCUT2D eigenvalue weighted by molar-refractivity contribution is -0.289. The van der Waals surface area contributed by atoms with Crippen LogP contribution < -0.4 is 0 Å². The lowest BCUT2D eigenvalue weighted by Gasteiger charge is -2.24. The van der Waals surface area contributed by atoms with Gasteiger partial charge in [0.05, 0.1) is 0 Å². The average Bonchev–Trinajstić information content (AvgIpc) is 2.53. The molecule has 0 nitrogen and oxygen atoms in total. The van der Waals surface area contributed by atoms with Gasteiger partial charge in [-0.1, -0.05) is 37.3 Å². The maximum Gasteiger partial charge on any atom is 0.458 e. The maximum absolute atomic E-state index is 13.2. The van der Waals surface area contributed by atoms with Gasteiger partial charge in [0, 0.05) is 17.0 Å². The molecular weight excluding hydrogens is 311 g/mol. The largest absolute Gasteiger partial charge is 0.458 e. The molecule has 0 spiro atoms. The molecule has 0 N–H and O–H groups in total. The Bertz CT molecular complexity index is 566. The molecular formula is C18H19F5. The van der Waals surface area contributed by atoms with Gasteiger partial charge in [-0.3, -0.25) is 0 Å². The standard InChI is InChI=1S/C18H19F5/c1-2-13-3-5-14(6-4-13)7-8-15-9-11-16(12-10-15)17(19,20)18(21,22)23/h9-14H,2-6H2,1H3. The Kier molecular flexibility index (Phi) is 5.33. The summed E-state index contributed by atoms with van der Waals surface area (Å²) in [6, 6.07) is 4.04. The number of benzene rings is 1. The third kappa shape index (κ3) is 4.25. The van der Waals surface area contributed by atoms with Crippen molar-refractivity contribution in [1.82, 2.24) is 0 Å². The first-order chi connectivity index (χ1) is 10.7. The highest BCUT2D eigenvalue weighted by Gasteiger charge is 2.58. The highest BCUT2D eigenvalue weighted by atomic mass is 19.4. The van der Waals surface area contributed by atoms with Crippen LogP contribution in [0.2, 0.25) is 0 Å². The summed E-state index contributed by atoms with van der Waals surface area (Å²) in [5.74, 6) is 2.21. The smallest absolute Gasteiger partial charge is 0.191 e. The van der Waals surface area contributed by atoms with Gasteiger partial charge in [-0.25, -0.2) is 0 Å². The van der Waals surface area contributed by atoms with Crippen LogP contribution in [0.4, 0.5) is 22.0 Å². The monoisotopic (exact) mass is 330 g/mol. The number of hydrogen-bond acceptors (Lipinski definition) is 0. The Balaban J connectivity index is 2.03. The van der Waals surface area contributed by atoms with Crippen LogP contribution in [0.25, 0.3) is 0 Å². The Morgan fingerprint density at radius 3 is 2.00 bits per heavy atom. The second-order valence-electron chi connectivity index (χ2n) is 6.04. The highest BCUT2D eigenvalue weighted by molar-refractivity contribution is 5.38. The lowest BCUT2D eigenvalue weighted by atomic mass is 9.81. The van der Waals surface area contributed by atoms with Crippen LogP contribution >= 0.6 is 0 Å². The number of alkyl halides is 5. The molecule has 5 heteroatoms. The van der Waals surface area contributed by atoms with Crippen molar-refractivity contribution in [2.75, 3.05) is 0 Å². The van der Waals surface area contributed by atoms with E-state index in [9.17, 15) is 22.0 Å². The quantitative estimate of drug-likeness (QED) is 0.467. The molecule has 0 aromatic heterocycles. The fourth-order valence-electron chi connectivity index (χ4n) is 2.83. The van der Waals surface area contributed by atoms with Crippen molar-refractivity contribution in [3.63, 3.8) is 0 Å². The highest BCUT2D eigenvalue weighted by Crippen LogP contribution is 2.43. The molecule has 0 bridgehead atoms. The van der Waals surface area contributed by atoms with Crippen LogP contribution in [0.5, 0.6) is 0 Å². The summed E-state index contributed by atoms with van der Waals surface area (Å²) in [5.41, 5.74) is -0.594. The van der Waals surface area contributed by atoms with Crippen molar-refractivity contribution in [2.45, 2.75) is 51.1 Å². The minimum absolute atomic E-state index is 0.286. The van der Waals surface area contributed by atoms with Gasteiger partial charge in [-0.05, 0) is 43.7 Å². The number of rotatable bonds is 2. The van der Waals surface area contributed by atoms with E-state index in [0.29, 0.717) is 5.56 Å². The third-order valence-electron chi connectivity index (χ3n) is 4.45. The first-order valence-corrected chi connectivity index (χ1v) is 7.80. The minimum atomic E-state index is -5.59. The van der Waals surface area contributed by atoms with Crippen molar-refractivity contribution >= 4 is 0 Å². The number of halogens is 5. The van der Waals surface area contributed by atoms with Crippen LogP contribution in [0, 0.1) is 23.7 Å². The van der Waals surface area contributed by atoms with Crippen molar-refractivity contribution < 1.29 is 22.0 Å². The molecule has 1 aromatic rings. The van der Waals surface area contributed by atoms with Crippen molar-refractivity contribution in [2.24, 2.45) is 11.8 Å². The molecule has 0 atom stereocenters. The molecule has 0 heterocycles. The molecule has 0 aliphatic heterocycles. The summed E-state index contributed by atoms with van der Waals surface area (Å²) in [6.07, 6.45) is -0.0716. The Morgan fingerprint density at radius 1 is 0.957 bits per heavy atom. The lowest BCUT2D eigenvalue weighted by Crippen LogP contribution is -2.33. The normalized spacial score (nSPS) is 22.3. The maximum atomic E-state index is 13.2. The van der Waals surface area contributed by atoms with E-state index in [1.54, 1.807) is 0 Å². The fourth-order valence-corrected chi connectivity index (χ4v) is 2.83. The molecule has 1 fully saturated rings. The molecule has 1 aromatic carbocycles. The molecule has 0 saturated heterocycles. The summed E-state index contributed by atoms with van der Waals surface area (Å²) in [6.45, 7) is 2.18. The van der Waals surface area contributed by atoms with E-state index in [1.165, 1.54) is 18.6 Å². The van der Waals surface area contributed by atoms with Gasteiger partial charge in [0.25, 0.3) is 0 Å². The van der Waals surface area contributed by atoms with Gasteiger partial charge in [0.15, 0.2) is 0 Å².